The number of fused-ring (bicyclic) bond motifs is 7. The Morgan fingerprint density at radius 3 is 2.62 bits per heavy atom. The van der Waals surface area contributed by atoms with Gasteiger partial charge in [-0.3, -0.25) is 9.59 Å². The number of ketones is 2. The van der Waals surface area contributed by atoms with Gasteiger partial charge in [0, 0.05) is 46.2 Å². The summed E-state index contributed by atoms with van der Waals surface area (Å²) in [5.41, 5.74) is 1.96. The molecule has 7 rings (SSSR count). The minimum Gasteiger partial charge on any atom is -0.423 e. The average Bonchev–Trinajstić information content (AvgIpc) is 3.51. The maximum Gasteiger partial charge on any atom is 0.343 e. The van der Waals surface area contributed by atoms with Crippen LogP contribution in [0.15, 0.2) is 72.3 Å². The van der Waals surface area contributed by atoms with Crippen molar-refractivity contribution in [3.05, 3.63) is 83.5 Å². The van der Waals surface area contributed by atoms with Crippen LogP contribution in [0.2, 0.25) is 0 Å². The van der Waals surface area contributed by atoms with Crippen LogP contribution in [0.1, 0.15) is 61.7 Å². The number of hydrogen-bond donors (Lipinski definition) is 3. The van der Waals surface area contributed by atoms with E-state index < -0.39 is 64.9 Å². The molecule has 1 heterocycles. The van der Waals surface area contributed by atoms with Crippen LogP contribution in [0.3, 0.4) is 0 Å². The SMILES string of the molecule is C[C@]12C=CC(=[OH+])C=C1CC[C@H]1[C@@H]3C[C@H]4O[C@@H](c5ccc(C(=O)Oc6cccc(N)c6)cc5)O[C@@]4(C(=O)CO)[C@@]3(C)C[C@H](O)[C@@]12F. The van der Waals surface area contributed by atoms with E-state index in [2.05, 4.69) is 0 Å². The Labute approximate surface area is 259 Å². The molecule has 1 aliphatic heterocycles. The van der Waals surface area contributed by atoms with Gasteiger partial charge in [-0.2, -0.15) is 0 Å². The number of benzene rings is 2. The number of anilines is 1. The second-order valence-electron chi connectivity index (χ2n) is 13.5. The Balaban J connectivity index is 1.17. The zero-order chi connectivity index (χ0) is 31.9. The van der Waals surface area contributed by atoms with Crippen molar-refractivity contribution in [3.63, 3.8) is 0 Å². The Morgan fingerprint density at radius 1 is 1.16 bits per heavy atom. The highest BCUT2D eigenvalue weighted by Crippen LogP contribution is 2.72. The normalized spacial score (nSPS) is 39.7. The summed E-state index contributed by atoms with van der Waals surface area (Å²) >= 11 is 0. The quantitative estimate of drug-likeness (QED) is 0.196. The maximum atomic E-state index is 17.6. The van der Waals surface area contributed by atoms with Gasteiger partial charge in [-0.25, -0.2) is 9.18 Å². The number of halogens is 1. The van der Waals surface area contributed by atoms with Gasteiger partial charge in [0.1, 0.15) is 12.4 Å². The summed E-state index contributed by atoms with van der Waals surface area (Å²) in [6.45, 7) is 2.81. The van der Waals surface area contributed by atoms with Gasteiger partial charge < -0.3 is 30.2 Å². The van der Waals surface area contributed by atoms with Crippen LogP contribution in [-0.4, -0.2) is 62.6 Å². The molecule has 3 saturated carbocycles. The Hall–Kier alpha value is -3.70. The molecular weight excluding hydrogens is 581 g/mol. The fraction of sp³-hybridized carbons (Fsp3) is 0.457. The zero-order valence-electron chi connectivity index (χ0n) is 25.1. The fourth-order valence-corrected chi connectivity index (χ4v) is 9.25. The summed E-state index contributed by atoms with van der Waals surface area (Å²) in [7, 11) is 0. The zero-order valence-corrected chi connectivity index (χ0v) is 25.1. The van der Waals surface area contributed by atoms with Crippen LogP contribution in [0.4, 0.5) is 10.1 Å². The largest absolute Gasteiger partial charge is 0.423 e. The molecule has 236 valence electrons. The predicted octanol–water partition coefficient (Wildman–Crippen LogP) is 4.16. The molecule has 0 radical (unpaired) electrons. The number of carbonyl (C=O) groups excluding carboxylic acids is 3. The van der Waals surface area contributed by atoms with Crippen LogP contribution >= 0.6 is 0 Å². The van der Waals surface area contributed by atoms with Crippen molar-refractivity contribution >= 4 is 23.2 Å². The van der Waals surface area contributed by atoms with Crippen molar-refractivity contribution in [2.75, 3.05) is 12.3 Å². The van der Waals surface area contributed by atoms with E-state index in [0.717, 1.165) is 5.57 Å². The summed E-state index contributed by atoms with van der Waals surface area (Å²) in [5, 5.41) is 21.9. The highest BCUT2D eigenvalue weighted by molar-refractivity contribution is 6.02. The molecule has 0 aromatic heterocycles. The van der Waals surface area contributed by atoms with Gasteiger partial charge in [0.05, 0.1) is 17.8 Å². The lowest BCUT2D eigenvalue weighted by Gasteiger charge is -2.62. The first-order chi connectivity index (χ1) is 21.4. The average molecular weight is 619 g/mol. The number of Topliss-reactive ketones (excluding diaryl/α,β-unsaturated/α-hetero) is 1. The third-order valence-corrected chi connectivity index (χ3v) is 11.4. The van der Waals surface area contributed by atoms with Crippen LogP contribution in [0.25, 0.3) is 0 Å². The van der Waals surface area contributed by atoms with E-state index in [0.29, 0.717) is 36.3 Å². The van der Waals surface area contributed by atoms with Crippen molar-refractivity contribution in [1.29, 1.82) is 0 Å². The molecule has 9 atom stereocenters. The van der Waals surface area contributed by atoms with E-state index in [4.69, 9.17) is 19.9 Å². The molecule has 9 nitrogen and oxygen atoms in total. The minimum absolute atomic E-state index is 0.0571. The highest BCUT2D eigenvalue weighted by Gasteiger charge is 2.79. The van der Waals surface area contributed by atoms with Crippen molar-refractivity contribution in [1.82, 2.24) is 0 Å². The number of nitrogens with two attached hydrogens (primary N) is 1. The van der Waals surface area contributed by atoms with Crippen molar-refractivity contribution in [3.8, 4) is 5.75 Å². The molecule has 0 unspecified atom stereocenters. The molecular formula is C35H37FNO8+. The third-order valence-electron chi connectivity index (χ3n) is 11.4. The topological polar surface area (TPSA) is 150 Å². The van der Waals surface area contributed by atoms with E-state index in [9.17, 15) is 24.6 Å². The Morgan fingerprint density at radius 2 is 1.91 bits per heavy atom. The number of aliphatic hydroxyl groups is 2. The van der Waals surface area contributed by atoms with Gasteiger partial charge in [0.25, 0.3) is 0 Å². The van der Waals surface area contributed by atoms with Gasteiger partial charge in [-0.15, -0.1) is 0 Å². The first kappa shape index (κ1) is 30.0. The molecule has 0 spiro atoms. The molecule has 4 fully saturated rings. The monoisotopic (exact) mass is 618 g/mol. The lowest BCUT2D eigenvalue weighted by Crippen LogP contribution is -2.69. The van der Waals surface area contributed by atoms with E-state index >= 15 is 4.39 Å². The second kappa shape index (κ2) is 10.2. The highest BCUT2D eigenvalue weighted by atomic mass is 19.1. The lowest BCUT2D eigenvalue weighted by atomic mass is 9.44. The van der Waals surface area contributed by atoms with E-state index in [1.54, 1.807) is 67.6 Å². The van der Waals surface area contributed by atoms with Crippen LogP contribution in [0.5, 0.6) is 5.75 Å². The second-order valence-corrected chi connectivity index (χ2v) is 13.5. The summed E-state index contributed by atoms with van der Waals surface area (Å²) in [6.07, 6.45) is 2.68. The van der Waals surface area contributed by atoms with Gasteiger partial charge in [0.2, 0.25) is 0 Å². The minimum atomic E-state index is -2.05. The van der Waals surface area contributed by atoms with Gasteiger partial charge in [0.15, 0.2) is 23.3 Å². The van der Waals surface area contributed by atoms with Crippen molar-refractivity contribution in [2.24, 2.45) is 22.7 Å². The van der Waals surface area contributed by atoms with E-state index in [1.165, 1.54) is 6.08 Å². The summed E-state index contributed by atoms with van der Waals surface area (Å²) in [5.74, 6) is -1.78. The number of ether oxygens (including phenoxy) is 3. The summed E-state index contributed by atoms with van der Waals surface area (Å²) < 4.78 is 35.9. The van der Waals surface area contributed by atoms with Crippen LogP contribution < -0.4 is 10.5 Å². The van der Waals surface area contributed by atoms with Crippen LogP contribution in [-0.2, 0) is 14.3 Å². The molecule has 5 N–H and O–H groups in total. The number of aliphatic hydroxyl groups excluding tert-OH is 2. The molecule has 10 heteroatoms. The standard InChI is InChI=1S/C35H36FNO8/c1-32-13-12-23(39)14-21(32)10-11-25-26-16-29-35(28(41)18-38,33(26,2)17-27(40)34(25,32)36)45-31(44-29)20-8-6-19(7-9-20)30(42)43-24-5-3-4-22(37)15-24/h3-9,12-15,25-27,29,31,38,40H,10-11,16-18,37H2,1-2H3/p+1/t25-,26-,27-,29+,31+,32-,33-,34-,35+/m0/s1. The summed E-state index contributed by atoms with van der Waals surface area (Å²) in [6, 6.07) is 13.0. The number of rotatable bonds is 5. The first-order valence-electron chi connectivity index (χ1n) is 15.4. The molecule has 0 bridgehead atoms. The molecule has 2 aromatic carbocycles. The molecule has 0 amide bonds. The van der Waals surface area contributed by atoms with Gasteiger partial charge in [-0.05, 0) is 68.4 Å². The lowest BCUT2D eigenvalue weighted by molar-refractivity contribution is -0.231. The molecule has 45 heavy (non-hydrogen) atoms. The van der Waals surface area contributed by atoms with Gasteiger partial charge in [-0.1, -0.05) is 31.2 Å². The van der Waals surface area contributed by atoms with E-state index in [-0.39, 0.29) is 23.7 Å². The number of allylic oxidation sites excluding steroid dienone is 4. The number of esters is 1. The first-order valence-corrected chi connectivity index (χ1v) is 15.4. The van der Waals surface area contributed by atoms with E-state index in [1.807, 2.05) is 6.92 Å². The van der Waals surface area contributed by atoms with Crippen molar-refractivity contribution in [2.45, 2.75) is 69.3 Å². The Bertz CT molecular complexity index is 1650. The smallest absolute Gasteiger partial charge is 0.343 e. The predicted molar refractivity (Wildman–Crippen MR) is 161 cm³/mol. The fourth-order valence-electron chi connectivity index (χ4n) is 9.25. The molecule has 5 aliphatic rings. The Kier molecular flexibility index (Phi) is 6.76. The number of carbonyl (C=O) groups is 2. The van der Waals surface area contributed by atoms with Gasteiger partial charge >= 0.3 is 11.8 Å². The van der Waals surface area contributed by atoms with Crippen LogP contribution in [0, 0.1) is 22.7 Å². The summed E-state index contributed by atoms with van der Waals surface area (Å²) in [4.78, 5) is 36.5. The molecule has 4 aliphatic carbocycles. The number of hydrogen-bond acceptors (Lipinski definition) is 8. The van der Waals surface area contributed by atoms with Crippen molar-refractivity contribution < 1.29 is 43.2 Å². The number of alkyl halides is 1. The molecule has 1 saturated heterocycles. The number of nitrogen functional groups attached to an aromatic ring is 1. The molecule has 2 aromatic rings. The maximum absolute atomic E-state index is 17.6. The third kappa shape index (κ3) is 4.02.